The second-order valence-electron chi connectivity index (χ2n) is 7.31. The number of benzene rings is 2. The smallest absolute Gasteiger partial charge is 0.229 e. The SMILES string of the molecule is Cl.O=c1cc2oc(-c3ccc(O)c(O)c3)c(O[C@@H]3O[C@H](CO)[C@@H](O)[C@H](O)[C@H]3O)cc-2c(O)c1. The van der Waals surface area contributed by atoms with Crippen LogP contribution in [0.4, 0.5) is 0 Å². The number of ether oxygens (including phenoxy) is 2. The molecular formula is C21H21ClO11. The van der Waals surface area contributed by atoms with Gasteiger partial charge in [-0.1, -0.05) is 0 Å². The number of hydrogen-bond donors (Lipinski definition) is 7. The Morgan fingerprint density at radius 1 is 0.879 bits per heavy atom. The molecule has 1 fully saturated rings. The molecule has 7 N–H and O–H groups in total. The van der Waals surface area contributed by atoms with Crippen LogP contribution in [0.3, 0.4) is 0 Å². The summed E-state index contributed by atoms with van der Waals surface area (Å²) in [6, 6.07) is 7.08. The van der Waals surface area contributed by atoms with Crippen molar-refractivity contribution in [2.45, 2.75) is 30.7 Å². The lowest BCUT2D eigenvalue weighted by Gasteiger charge is -2.39. The molecule has 1 aromatic rings. The summed E-state index contributed by atoms with van der Waals surface area (Å²) >= 11 is 0. The number of aliphatic hydroxyl groups is 4. The van der Waals surface area contributed by atoms with Crippen molar-refractivity contribution in [1.29, 1.82) is 0 Å². The van der Waals surface area contributed by atoms with Gasteiger partial charge in [0.25, 0.3) is 0 Å². The Balaban J connectivity index is 0.00000306. The molecule has 0 radical (unpaired) electrons. The summed E-state index contributed by atoms with van der Waals surface area (Å²) in [6.45, 7) is -0.668. The predicted octanol–water partition coefficient (Wildman–Crippen LogP) is 0.129. The summed E-state index contributed by atoms with van der Waals surface area (Å²) in [4.78, 5) is 11.8. The van der Waals surface area contributed by atoms with Crippen molar-refractivity contribution in [3.63, 3.8) is 0 Å². The molecule has 3 aliphatic rings. The zero-order chi connectivity index (χ0) is 23.2. The molecule has 2 heterocycles. The van der Waals surface area contributed by atoms with Crippen molar-refractivity contribution in [3.05, 3.63) is 46.6 Å². The first kappa shape index (κ1) is 24.6. The van der Waals surface area contributed by atoms with Crippen LogP contribution in [-0.4, -0.2) is 73.1 Å². The molecule has 1 aliphatic carbocycles. The number of phenols is 3. The van der Waals surface area contributed by atoms with E-state index in [1.54, 1.807) is 0 Å². The van der Waals surface area contributed by atoms with Gasteiger partial charge in [0.2, 0.25) is 6.29 Å². The molecule has 1 aromatic carbocycles. The van der Waals surface area contributed by atoms with Crippen LogP contribution < -0.4 is 10.2 Å². The lowest BCUT2D eigenvalue weighted by atomic mass is 9.99. The minimum atomic E-state index is -1.72. The number of aliphatic hydroxyl groups excluding tert-OH is 4. The van der Waals surface area contributed by atoms with Crippen LogP contribution in [0.15, 0.2) is 45.6 Å². The van der Waals surface area contributed by atoms with Gasteiger partial charge in [-0.15, -0.1) is 12.4 Å². The second-order valence-corrected chi connectivity index (χ2v) is 7.31. The number of hydrogen-bond acceptors (Lipinski definition) is 11. The topological polar surface area (TPSA) is 190 Å². The van der Waals surface area contributed by atoms with Crippen molar-refractivity contribution in [2.24, 2.45) is 0 Å². The van der Waals surface area contributed by atoms with E-state index in [-0.39, 0.29) is 40.8 Å². The van der Waals surface area contributed by atoms with E-state index in [0.29, 0.717) is 0 Å². The van der Waals surface area contributed by atoms with Gasteiger partial charge in [0.05, 0.1) is 12.2 Å². The first-order valence-corrected chi connectivity index (χ1v) is 9.50. The first-order chi connectivity index (χ1) is 15.2. The van der Waals surface area contributed by atoms with E-state index in [2.05, 4.69) is 0 Å². The Bertz CT molecular complexity index is 1160. The molecule has 33 heavy (non-hydrogen) atoms. The molecule has 0 amide bonds. The maximum Gasteiger partial charge on any atom is 0.229 e. The van der Waals surface area contributed by atoms with Crippen LogP contribution in [0.2, 0.25) is 0 Å². The van der Waals surface area contributed by atoms with Gasteiger partial charge in [-0.05, 0) is 24.3 Å². The maximum absolute atomic E-state index is 11.8. The maximum atomic E-state index is 11.8. The normalized spacial score (nSPS) is 24.9. The zero-order valence-corrected chi connectivity index (χ0v) is 17.5. The minimum absolute atomic E-state index is 0. The van der Waals surface area contributed by atoms with Gasteiger partial charge in [-0.2, -0.15) is 0 Å². The highest BCUT2D eigenvalue weighted by Crippen LogP contribution is 2.43. The molecule has 0 bridgehead atoms. The van der Waals surface area contributed by atoms with Gasteiger partial charge < -0.3 is 49.6 Å². The Kier molecular flexibility index (Phi) is 7.03. The van der Waals surface area contributed by atoms with E-state index in [1.807, 2.05) is 0 Å². The quantitative estimate of drug-likeness (QED) is 0.249. The first-order valence-electron chi connectivity index (χ1n) is 9.50. The average molecular weight is 485 g/mol. The number of halogens is 1. The van der Waals surface area contributed by atoms with Crippen molar-refractivity contribution in [2.75, 3.05) is 6.61 Å². The number of aromatic hydroxyl groups is 3. The Labute approximate surface area is 192 Å². The fourth-order valence-electron chi connectivity index (χ4n) is 3.42. The van der Waals surface area contributed by atoms with E-state index in [1.165, 1.54) is 18.2 Å². The van der Waals surface area contributed by atoms with Gasteiger partial charge in [0.1, 0.15) is 35.9 Å². The molecule has 0 aromatic heterocycles. The molecule has 2 aliphatic heterocycles. The lowest BCUT2D eigenvalue weighted by Crippen LogP contribution is -2.60. The van der Waals surface area contributed by atoms with Crippen LogP contribution in [0.25, 0.3) is 22.6 Å². The molecule has 0 saturated carbocycles. The Hall–Kier alpha value is -3.06. The van der Waals surface area contributed by atoms with Crippen molar-refractivity contribution in [1.82, 2.24) is 0 Å². The van der Waals surface area contributed by atoms with Gasteiger partial charge in [-0.3, -0.25) is 4.79 Å². The third kappa shape index (κ3) is 4.55. The van der Waals surface area contributed by atoms with Crippen LogP contribution in [-0.2, 0) is 4.74 Å². The van der Waals surface area contributed by atoms with Gasteiger partial charge >= 0.3 is 0 Å². The number of fused-ring (bicyclic) bond motifs is 1. The third-order valence-corrected chi connectivity index (χ3v) is 5.13. The van der Waals surface area contributed by atoms with Gasteiger partial charge in [0.15, 0.2) is 28.4 Å². The number of rotatable bonds is 4. The van der Waals surface area contributed by atoms with E-state index >= 15 is 0 Å². The molecule has 0 unspecified atom stereocenters. The van der Waals surface area contributed by atoms with E-state index < -0.39 is 60.0 Å². The molecule has 4 rings (SSSR count). The van der Waals surface area contributed by atoms with Gasteiger partial charge in [-0.25, -0.2) is 0 Å². The van der Waals surface area contributed by atoms with Gasteiger partial charge in [0, 0.05) is 17.7 Å². The molecule has 178 valence electrons. The summed E-state index contributed by atoms with van der Waals surface area (Å²) in [7, 11) is 0. The third-order valence-electron chi connectivity index (χ3n) is 5.13. The zero-order valence-electron chi connectivity index (χ0n) is 16.7. The van der Waals surface area contributed by atoms with Crippen molar-refractivity contribution < 1.29 is 49.6 Å². The minimum Gasteiger partial charge on any atom is -0.507 e. The Morgan fingerprint density at radius 2 is 1.61 bits per heavy atom. The lowest BCUT2D eigenvalue weighted by molar-refractivity contribution is -0.277. The predicted molar refractivity (Wildman–Crippen MR) is 114 cm³/mol. The molecular weight excluding hydrogens is 464 g/mol. The fourth-order valence-corrected chi connectivity index (χ4v) is 3.42. The van der Waals surface area contributed by atoms with Crippen molar-refractivity contribution in [3.8, 4) is 45.6 Å². The largest absolute Gasteiger partial charge is 0.507 e. The fraction of sp³-hybridized carbons (Fsp3) is 0.286. The van der Waals surface area contributed by atoms with E-state index in [9.17, 15) is 40.5 Å². The average Bonchev–Trinajstić information content (AvgIpc) is 2.76. The van der Waals surface area contributed by atoms with Crippen LogP contribution in [0.5, 0.6) is 23.0 Å². The summed E-state index contributed by atoms with van der Waals surface area (Å²) in [5.74, 6) is -1.51. The highest BCUT2D eigenvalue weighted by molar-refractivity contribution is 5.85. The molecule has 5 atom stereocenters. The summed E-state index contributed by atoms with van der Waals surface area (Å²) in [5, 5.41) is 69.3. The highest BCUT2D eigenvalue weighted by Gasteiger charge is 2.45. The molecule has 0 spiro atoms. The summed E-state index contributed by atoms with van der Waals surface area (Å²) < 4.78 is 16.8. The van der Waals surface area contributed by atoms with E-state index in [4.69, 9.17) is 13.9 Å². The van der Waals surface area contributed by atoms with Crippen LogP contribution >= 0.6 is 12.4 Å². The summed E-state index contributed by atoms with van der Waals surface area (Å²) in [5.41, 5.74) is -0.255. The van der Waals surface area contributed by atoms with Crippen LogP contribution in [0, 0.1) is 0 Å². The number of phenolic OH excluding ortho intramolecular Hbond substituents is 3. The second kappa shape index (κ2) is 9.43. The standard InChI is InChI=1S/C21H20O11.ClH/c22-7-16-17(27)18(28)19(29)21(32-16)31-15-6-10-12(25)4-9(23)5-14(10)30-20(15)8-1-2-11(24)13(26)3-8;/h1-6,16-19,21-22,24-29H,7H2;1H/t16-,17-,18+,19-,21-;/m1./s1. The van der Waals surface area contributed by atoms with Crippen molar-refractivity contribution >= 4 is 12.4 Å². The monoisotopic (exact) mass is 484 g/mol. The van der Waals surface area contributed by atoms with Crippen LogP contribution in [0.1, 0.15) is 0 Å². The summed E-state index contributed by atoms with van der Waals surface area (Å²) in [6.07, 6.45) is -7.80. The Morgan fingerprint density at radius 3 is 2.27 bits per heavy atom. The van der Waals surface area contributed by atoms with E-state index in [0.717, 1.165) is 18.2 Å². The highest BCUT2D eigenvalue weighted by atomic mass is 35.5. The molecule has 1 saturated heterocycles. The molecule has 12 heteroatoms. The molecule has 11 nitrogen and oxygen atoms in total.